The molecule has 0 saturated heterocycles. The summed E-state index contributed by atoms with van der Waals surface area (Å²) >= 11 is 0. The highest BCUT2D eigenvalue weighted by atomic mass is 16.1. The summed E-state index contributed by atoms with van der Waals surface area (Å²) in [6.45, 7) is 1.97. The molecule has 1 aromatic carbocycles. The molecule has 0 spiro atoms. The fourth-order valence-electron chi connectivity index (χ4n) is 1.95. The third-order valence-electron chi connectivity index (χ3n) is 2.82. The lowest BCUT2D eigenvalue weighted by Crippen LogP contribution is -2.50. The molecule has 1 aliphatic heterocycles. The van der Waals surface area contributed by atoms with E-state index in [2.05, 4.69) is 5.32 Å². The summed E-state index contributed by atoms with van der Waals surface area (Å²) < 4.78 is 0. The summed E-state index contributed by atoms with van der Waals surface area (Å²) in [6, 6.07) is 7.72. The molecule has 0 aliphatic carbocycles. The second-order valence-corrected chi connectivity index (χ2v) is 3.85. The van der Waals surface area contributed by atoms with Gasteiger partial charge in [0.25, 0.3) is 5.91 Å². The van der Waals surface area contributed by atoms with E-state index in [0.717, 1.165) is 11.1 Å². The van der Waals surface area contributed by atoms with Crippen LogP contribution < -0.4 is 11.1 Å². The Morgan fingerprint density at radius 1 is 1.31 bits per heavy atom. The summed E-state index contributed by atoms with van der Waals surface area (Å²) in [6.07, 6.45) is 7.18. The van der Waals surface area contributed by atoms with Crippen LogP contribution in [0.1, 0.15) is 11.1 Å². The SMILES string of the molecule is Cc1ccccc1C1(C(N)=O)C=CC=CN1. The zero-order valence-corrected chi connectivity index (χ0v) is 9.10. The van der Waals surface area contributed by atoms with Gasteiger partial charge in [0.2, 0.25) is 0 Å². The van der Waals surface area contributed by atoms with Gasteiger partial charge in [-0.2, -0.15) is 0 Å². The highest BCUT2D eigenvalue weighted by Gasteiger charge is 2.36. The molecule has 0 aromatic heterocycles. The van der Waals surface area contributed by atoms with Gasteiger partial charge in [0.05, 0.1) is 0 Å². The third-order valence-corrected chi connectivity index (χ3v) is 2.82. The van der Waals surface area contributed by atoms with Crippen molar-refractivity contribution in [2.75, 3.05) is 0 Å². The molecule has 1 aliphatic rings. The zero-order valence-electron chi connectivity index (χ0n) is 9.10. The minimum Gasteiger partial charge on any atom is -0.370 e. The van der Waals surface area contributed by atoms with E-state index < -0.39 is 11.4 Å². The molecule has 3 heteroatoms. The molecule has 1 atom stereocenters. The van der Waals surface area contributed by atoms with Gasteiger partial charge in [-0.05, 0) is 36.4 Å². The van der Waals surface area contributed by atoms with E-state index in [1.165, 1.54) is 0 Å². The molecule has 0 saturated carbocycles. The molecule has 82 valence electrons. The van der Waals surface area contributed by atoms with Crippen molar-refractivity contribution in [3.8, 4) is 0 Å². The Morgan fingerprint density at radius 2 is 2.06 bits per heavy atom. The molecule has 0 bridgehead atoms. The monoisotopic (exact) mass is 214 g/mol. The van der Waals surface area contributed by atoms with Crippen molar-refractivity contribution in [2.24, 2.45) is 5.73 Å². The van der Waals surface area contributed by atoms with Crippen LogP contribution in [0.25, 0.3) is 0 Å². The summed E-state index contributed by atoms with van der Waals surface area (Å²) in [7, 11) is 0. The van der Waals surface area contributed by atoms with Gasteiger partial charge in [-0.3, -0.25) is 4.79 Å². The number of benzene rings is 1. The van der Waals surface area contributed by atoms with Gasteiger partial charge >= 0.3 is 0 Å². The molecule has 0 radical (unpaired) electrons. The first-order chi connectivity index (χ1) is 7.67. The van der Waals surface area contributed by atoms with Gasteiger partial charge in [-0.15, -0.1) is 0 Å². The van der Waals surface area contributed by atoms with Crippen LogP contribution >= 0.6 is 0 Å². The van der Waals surface area contributed by atoms with Crippen LogP contribution in [0.2, 0.25) is 0 Å². The first-order valence-corrected chi connectivity index (χ1v) is 5.15. The number of allylic oxidation sites excluding steroid dienone is 2. The van der Waals surface area contributed by atoms with Gasteiger partial charge in [0, 0.05) is 0 Å². The summed E-state index contributed by atoms with van der Waals surface area (Å²) in [5, 5.41) is 3.05. The maximum absolute atomic E-state index is 11.7. The molecule has 16 heavy (non-hydrogen) atoms. The van der Waals surface area contributed by atoms with Crippen molar-refractivity contribution in [3.05, 3.63) is 59.8 Å². The lowest BCUT2D eigenvalue weighted by molar-refractivity contribution is -0.122. The number of hydrogen-bond donors (Lipinski definition) is 2. The number of primary amides is 1. The van der Waals surface area contributed by atoms with Gasteiger partial charge in [0.15, 0.2) is 5.54 Å². The van der Waals surface area contributed by atoms with Crippen LogP contribution in [-0.2, 0) is 10.3 Å². The van der Waals surface area contributed by atoms with Crippen molar-refractivity contribution in [1.29, 1.82) is 0 Å². The molecule has 1 amide bonds. The second kappa shape index (κ2) is 3.85. The van der Waals surface area contributed by atoms with E-state index in [-0.39, 0.29) is 0 Å². The molecule has 1 unspecified atom stereocenters. The minimum atomic E-state index is -0.917. The number of hydrogen-bond acceptors (Lipinski definition) is 2. The lowest BCUT2D eigenvalue weighted by atomic mass is 9.85. The van der Waals surface area contributed by atoms with E-state index >= 15 is 0 Å². The first-order valence-electron chi connectivity index (χ1n) is 5.15. The van der Waals surface area contributed by atoms with Crippen molar-refractivity contribution in [1.82, 2.24) is 5.32 Å². The van der Waals surface area contributed by atoms with E-state index in [9.17, 15) is 4.79 Å². The number of nitrogens with two attached hydrogens (primary N) is 1. The van der Waals surface area contributed by atoms with E-state index in [1.54, 1.807) is 12.3 Å². The Morgan fingerprint density at radius 3 is 2.62 bits per heavy atom. The van der Waals surface area contributed by atoms with E-state index in [0.29, 0.717) is 0 Å². The van der Waals surface area contributed by atoms with Gasteiger partial charge in [0.1, 0.15) is 0 Å². The molecule has 1 aromatic rings. The second-order valence-electron chi connectivity index (χ2n) is 3.85. The van der Waals surface area contributed by atoms with Crippen molar-refractivity contribution < 1.29 is 4.79 Å². The number of aryl methyl sites for hydroxylation is 1. The molecule has 2 rings (SSSR count). The predicted molar refractivity (Wildman–Crippen MR) is 63.5 cm³/mol. The molecule has 3 nitrogen and oxygen atoms in total. The maximum atomic E-state index is 11.7. The van der Waals surface area contributed by atoms with E-state index in [4.69, 9.17) is 5.73 Å². The molecule has 0 fully saturated rings. The van der Waals surface area contributed by atoms with Crippen molar-refractivity contribution >= 4 is 5.91 Å². The van der Waals surface area contributed by atoms with E-state index in [1.807, 2.05) is 43.3 Å². The highest BCUT2D eigenvalue weighted by Crippen LogP contribution is 2.27. The third kappa shape index (κ3) is 1.50. The Kier molecular flexibility index (Phi) is 2.52. The quantitative estimate of drug-likeness (QED) is 0.780. The van der Waals surface area contributed by atoms with Crippen LogP contribution in [0.15, 0.2) is 48.7 Å². The Hall–Kier alpha value is -2.03. The fraction of sp³-hybridized carbons (Fsp3) is 0.154. The number of carbonyl (C=O) groups is 1. The zero-order chi connectivity index (χ0) is 11.6. The Bertz CT molecular complexity index is 477. The average Bonchev–Trinajstić information content (AvgIpc) is 2.30. The van der Waals surface area contributed by atoms with Crippen LogP contribution in [0, 0.1) is 6.92 Å². The summed E-state index contributed by atoms with van der Waals surface area (Å²) in [5.74, 6) is -0.401. The lowest BCUT2D eigenvalue weighted by Gasteiger charge is -2.31. The summed E-state index contributed by atoms with van der Waals surface area (Å²) in [5.41, 5.74) is 6.53. The van der Waals surface area contributed by atoms with Crippen molar-refractivity contribution in [3.63, 3.8) is 0 Å². The number of nitrogens with one attached hydrogen (secondary N) is 1. The molecule has 3 N–H and O–H groups in total. The van der Waals surface area contributed by atoms with Gasteiger partial charge in [-0.25, -0.2) is 0 Å². The van der Waals surface area contributed by atoms with Gasteiger partial charge in [-0.1, -0.05) is 30.3 Å². The fourth-order valence-corrected chi connectivity index (χ4v) is 1.95. The predicted octanol–water partition coefficient (Wildman–Crippen LogP) is 1.35. The normalized spacial score (nSPS) is 22.8. The van der Waals surface area contributed by atoms with Gasteiger partial charge < -0.3 is 11.1 Å². The topological polar surface area (TPSA) is 55.1 Å². The van der Waals surface area contributed by atoms with Crippen LogP contribution in [0.3, 0.4) is 0 Å². The highest BCUT2D eigenvalue weighted by molar-refractivity contribution is 5.89. The first kappa shape index (κ1) is 10.5. The standard InChI is InChI=1S/C13H14N2O/c1-10-6-2-3-7-11(10)13(12(14)16)8-4-5-9-15-13/h2-9,15H,1H3,(H2,14,16). The molecular weight excluding hydrogens is 200 g/mol. The van der Waals surface area contributed by atoms with Crippen LogP contribution in [0.4, 0.5) is 0 Å². The maximum Gasteiger partial charge on any atom is 0.251 e. The average molecular weight is 214 g/mol. The number of dihydropyridines is 1. The van der Waals surface area contributed by atoms with Crippen LogP contribution in [-0.4, -0.2) is 5.91 Å². The number of carbonyl (C=O) groups excluding carboxylic acids is 1. The Balaban J connectivity index is 2.57. The number of rotatable bonds is 2. The smallest absolute Gasteiger partial charge is 0.251 e. The minimum absolute atomic E-state index is 0.401. The largest absolute Gasteiger partial charge is 0.370 e. The molecule has 1 heterocycles. The molecular formula is C13H14N2O. The number of amides is 1. The Labute approximate surface area is 94.7 Å². The van der Waals surface area contributed by atoms with Crippen molar-refractivity contribution in [2.45, 2.75) is 12.5 Å². The van der Waals surface area contributed by atoms with Crippen LogP contribution in [0.5, 0.6) is 0 Å². The summed E-state index contributed by atoms with van der Waals surface area (Å²) in [4.78, 5) is 11.7.